The van der Waals surface area contributed by atoms with E-state index in [2.05, 4.69) is 21.2 Å². The highest BCUT2D eigenvalue weighted by Crippen LogP contribution is 2.25. The molecule has 7 heteroatoms. The molecule has 0 fully saturated rings. The van der Waals surface area contributed by atoms with E-state index in [0.29, 0.717) is 27.8 Å². The average molecular weight is 475 g/mol. The second kappa shape index (κ2) is 9.58. The third-order valence-corrected chi connectivity index (χ3v) is 4.75. The third kappa shape index (κ3) is 6.07. The Morgan fingerprint density at radius 3 is 2.34 bits per heavy atom. The van der Waals surface area contributed by atoms with Crippen LogP contribution in [0.1, 0.15) is 15.9 Å². The van der Waals surface area contributed by atoms with Crippen molar-refractivity contribution >= 4 is 45.1 Å². The van der Waals surface area contributed by atoms with Gasteiger partial charge in [0.2, 0.25) is 0 Å². The molecular weight excluding hydrogens is 458 g/mol. The predicted molar refractivity (Wildman–Crippen MR) is 116 cm³/mol. The lowest BCUT2D eigenvalue weighted by Gasteiger charge is -2.09. The molecule has 0 atom stereocenters. The van der Waals surface area contributed by atoms with Crippen molar-refractivity contribution in [3.05, 3.63) is 87.4 Å². The van der Waals surface area contributed by atoms with E-state index in [1.165, 1.54) is 0 Å². The third-order valence-electron chi connectivity index (χ3n) is 3.88. The maximum Gasteiger partial charge on any atom is 0.349 e. The molecule has 3 aromatic rings. The Labute approximate surface area is 181 Å². The maximum atomic E-state index is 12.3. The summed E-state index contributed by atoms with van der Waals surface area (Å²) >= 11 is 9.22. The quantitative estimate of drug-likeness (QED) is 0.370. The molecule has 5 nitrogen and oxygen atoms in total. The smallest absolute Gasteiger partial charge is 0.349 e. The standard InChI is InChI=1S/C22H17BrClNO4/c1-14-2-11-20(19(23)12-14)28-13-21(26)29-18-9-3-15(4-10-18)22(27)25-17-7-5-16(24)6-8-17/h2-12H,13H2,1H3,(H,25,27). The van der Waals surface area contributed by atoms with Gasteiger partial charge in [-0.1, -0.05) is 17.7 Å². The predicted octanol–water partition coefficient (Wildman–Crippen LogP) is 5.65. The van der Waals surface area contributed by atoms with Gasteiger partial charge in [0.25, 0.3) is 5.91 Å². The minimum Gasteiger partial charge on any atom is -0.481 e. The van der Waals surface area contributed by atoms with Crippen molar-refractivity contribution in [1.82, 2.24) is 0 Å². The number of halogens is 2. The van der Waals surface area contributed by atoms with E-state index < -0.39 is 5.97 Å². The SMILES string of the molecule is Cc1ccc(OCC(=O)Oc2ccc(C(=O)Nc3ccc(Cl)cc3)cc2)c(Br)c1. The Bertz CT molecular complexity index is 1020. The van der Waals surface area contributed by atoms with Crippen LogP contribution in [-0.2, 0) is 4.79 Å². The van der Waals surface area contributed by atoms with Crippen LogP contribution in [0, 0.1) is 6.92 Å². The van der Waals surface area contributed by atoms with E-state index >= 15 is 0 Å². The van der Waals surface area contributed by atoms with Crippen molar-refractivity contribution < 1.29 is 19.1 Å². The Morgan fingerprint density at radius 1 is 1.00 bits per heavy atom. The molecule has 3 rings (SSSR count). The van der Waals surface area contributed by atoms with Crippen LogP contribution in [0.25, 0.3) is 0 Å². The summed E-state index contributed by atoms with van der Waals surface area (Å²) in [5.41, 5.74) is 2.14. The number of esters is 1. The van der Waals surface area contributed by atoms with Crippen LogP contribution in [0.4, 0.5) is 5.69 Å². The number of anilines is 1. The first kappa shape index (κ1) is 20.9. The number of hydrogen-bond acceptors (Lipinski definition) is 4. The number of aryl methyl sites for hydroxylation is 1. The molecule has 148 valence electrons. The first-order valence-corrected chi connectivity index (χ1v) is 9.84. The van der Waals surface area contributed by atoms with Crippen LogP contribution in [-0.4, -0.2) is 18.5 Å². The lowest BCUT2D eigenvalue weighted by atomic mass is 10.2. The van der Waals surface area contributed by atoms with E-state index in [1.54, 1.807) is 54.6 Å². The molecule has 0 saturated heterocycles. The van der Waals surface area contributed by atoms with Gasteiger partial charge in [-0.25, -0.2) is 4.79 Å². The topological polar surface area (TPSA) is 64.6 Å². The van der Waals surface area contributed by atoms with Crippen molar-refractivity contribution in [2.45, 2.75) is 6.92 Å². The summed E-state index contributed by atoms with van der Waals surface area (Å²) in [6, 6.07) is 18.6. The minimum atomic E-state index is -0.546. The Kier molecular flexibility index (Phi) is 6.90. The lowest BCUT2D eigenvalue weighted by molar-refractivity contribution is -0.136. The van der Waals surface area contributed by atoms with Crippen LogP contribution in [0.3, 0.4) is 0 Å². The van der Waals surface area contributed by atoms with Crippen LogP contribution in [0.15, 0.2) is 71.2 Å². The molecule has 0 bridgehead atoms. The van der Waals surface area contributed by atoms with Gasteiger partial charge in [0.05, 0.1) is 4.47 Å². The zero-order valence-electron chi connectivity index (χ0n) is 15.4. The molecule has 29 heavy (non-hydrogen) atoms. The van der Waals surface area contributed by atoms with Gasteiger partial charge < -0.3 is 14.8 Å². The first-order chi connectivity index (χ1) is 13.9. The van der Waals surface area contributed by atoms with Crippen LogP contribution in [0.5, 0.6) is 11.5 Å². The van der Waals surface area contributed by atoms with E-state index in [-0.39, 0.29) is 12.5 Å². The number of carbonyl (C=O) groups excluding carboxylic acids is 2. The number of carbonyl (C=O) groups is 2. The van der Waals surface area contributed by atoms with Crippen molar-refractivity contribution in [3.63, 3.8) is 0 Å². The Balaban J connectivity index is 1.53. The lowest BCUT2D eigenvalue weighted by Crippen LogP contribution is -2.18. The summed E-state index contributed by atoms with van der Waals surface area (Å²) in [4.78, 5) is 24.3. The normalized spacial score (nSPS) is 10.3. The highest BCUT2D eigenvalue weighted by molar-refractivity contribution is 9.10. The van der Waals surface area contributed by atoms with E-state index in [0.717, 1.165) is 10.0 Å². The summed E-state index contributed by atoms with van der Waals surface area (Å²) in [7, 11) is 0. The van der Waals surface area contributed by atoms with E-state index in [9.17, 15) is 9.59 Å². The van der Waals surface area contributed by atoms with Crippen LogP contribution in [0.2, 0.25) is 5.02 Å². The van der Waals surface area contributed by atoms with Crippen molar-refractivity contribution in [3.8, 4) is 11.5 Å². The fraction of sp³-hybridized carbons (Fsp3) is 0.0909. The molecule has 0 aliphatic rings. The van der Waals surface area contributed by atoms with Crippen molar-refractivity contribution in [2.24, 2.45) is 0 Å². The number of nitrogens with one attached hydrogen (secondary N) is 1. The molecule has 0 saturated carbocycles. The fourth-order valence-electron chi connectivity index (χ4n) is 2.43. The molecule has 0 heterocycles. The zero-order chi connectivity index (χ0) is 20.8. The molecule has 0 unspecified atom stereocenters. The number of rotatable bonds is 6. The van der Waals surface area contributed by atoms with Crippen LogP contribution < -0.4 is 14.8 Å². The first-order valence-electron chi connectivity index (χ1n) is 8.67. The molecule has 1 N–H and O–H groups in total. The van der Waals surface area contributed by atoms with Gasteiger partial charge in [-0.05, 0) is 89.1 Å². The second-order valence-electron chi connectivity index (χ2n) is 6.18. The number of amides is 1. The molecule has 0 aromatic heterocycles. The highest BCUT2D eigenvalue weighted by Gasteiger charge is 2.10. The van der Waals surface area contributed by atoms with Gasteiger partial charge >= 0.3 is 5.97 Å². The summed E-state index contributed by atoms with van der Waals surface area (Å²) in [5.74, 6) is 0.0555. The maximum absolute atomic E-state index is 12.3. The molecule has 0 spiro atoms. The highest BCUT2D eigenvalue weighted by atomic mass is 79.9. The van der Waals surface area contributed by atoms with Gasteiger partial charge in [0.1, 0.15) is 11.5 Å². The Morgan fingerprint density at radius 2 is 1.69 bits per heavy atom. The molecule has 3 aromatic carbocycles. The second-order valence-corrected chi connectivity index (χ2v) is 7.47. The summed E-state index contributed by atoms with van der Waals surface area (Å²) < 4.78 is 11.5. The number of ether oxygens (including phenoxy) is 2. The van der Waals surface area contributed by atoms with E-state index in [4.69, 9.17) is 21.1 Å². The summed E-state index contributed by atoms with van der Waals surface area (Å²) in [5, 5.41) is 3.35. The van der Waals surface area contributed by atoms with Gasteiger partial charge in [0, 0.05) is 16.3 Å². The van der Waals surface area contributed by atoms with Gasteiger partial charge in [0.15, 0.2) is 6.61 Å². The fourth-order valence-corrected chi connectivity index (χ4v) is 3.17. The van der Waals surface area contributed by atoms with Crippen molar-refractivity contribution in [1.29, 1.82) is 0 Å². The number of benzene rings is 3. The monoisotopic (exact) mass is 473 g/mol. The van der Waals surface area contributed by atoms with Gasteiger partial charge in [-0.2, -0.15) is 0 Å². The van der Waals surface area contributed by atoms with Crippen LogP contribution >= 0.6 is 27.5 Å². The molecule has 1 amide bonds. The average Bonchev–Trinajstić information content (AvgIpc) is 2.69. The van der Waals surface area contributed by atoms with Crippen molar-refractivity contribution in [2.75, 3.05) is 11.9 Å². The molecule has 0 aliphatic carbocycles. The number of hydrogen-bond donors (Lipinski definition) is 1. The zero-order valence-corrected chi connectivity index (χ0v) is 17.8. The van der Waals surface area contributed by atoms with Gasteiger partial charge in [-0.3, -0.25) is 4.79 Å². The molecule has 0 aliphatic heterocycles. The molecule has 0 radical (unpaired) electrons. The Hall–Kier alpha value is -2.83. The van der Waals surface area contributed by atoms with E-state index in [1.807, 2.05) is 19.1 Å². The van der Waals surface area contributed by atoms with Gasteiger partial charge in [-0.15, -0.1) is 0 Å². The summed E-state index contributed by atoms with van der Waals surface area (Å²) in [6.45, 7) is 1.72. The molecular formula is C22H17BrClNO4. The summed E-state index contributed by atoms with van der Waals surface area (Å²) in [6.07, 6.45) is 0. The minimum absolute atomic E-state index is 0.236. The largest absolute Gasteiger partial charge is 0.481 e.